The molecule has 20 heavy (non-hydrogen) atoms. The summed E-state index contributed by atoms with van der Waals surface area (Å²) in [5.74, 6) is -0.714. The van der Waals surface area contributed by atoms with Gasteiger partial charge in [0.1, 0.15) is 11.8 Å². The summed E-state index contributed by atoms with van der Waals surface area (Å²) in [7, 11) is 0. The maximum atomic E-state index is 11.8. The number of carbonyl (C=O) groups is 2. The molecule has 0 aliphatic carbocycles. The Labute approximate surface area is 118 Å². The van der Waals surface area contributed by atoms with Gasteiger partial charge >= 0.3 is 5.97 Å². The van der Waals surface area contributed by atoms with E-state index in [4.69, 9.17) is 9.84 Å². The topological polar surface area (TPSA) is 75.6 Å². The lowest BCUT2D eigenvalue weighted by Gasteiger charge is -2.17. The van der Waals surface area contributed by atoms with Crippen LogP contribution in [0.1, 0.15) is 26.3 Å². The number of carboxylic acid groups (broad SMARTS) is 1. The van der Waals surface area contributed by atoms with E-state index in [9.17, 15) is 9.59 Å². The number of hydrogen-bond acceptors (Lipinski definition) is 3. The van der Waals surface area contributed by atoms with Crippen LogP contribution in [0.25, 0.3) is 0 Å². The minimum absolute atomic E-state index is 0.156. The molecular formula is C15H21NO4. The van der Waals surface area contributed by atoms with Crippen molar-refractivity contribution in [3.05, 3.63) is 29.8 Å². The monoisotopic (exact) mass is 279 g/mol. The Morgan fingerprint density at radius 1 is 1.25 bits per heavy atom. The fourth-order valence-corrected chi connectivity index (χ4v) is 1.79. The third-order valence-corrected chi connectivity index (χ3v) is 2.85. The summed E-state index contributed by atoms with van der Waals surface area (Å²) in [6.07, 6.45) is 0.156. The predicted molar refractivity (Wildman–Crippen MR) is 75.7 cm³/mol. The van der Waals surface area contributed by atoms with Crippen molar-refractivity contribution in [3.63, 3.8) is 0 Å². The molecule has 1 atom stereocenters. The second-order valence-corrected chi connectivity index (χ2v) is 4.88. The van der Waals surface area contributed by atoms with Crippen molar-refractivity contribution < 1.29 is 19.4 Å². The van der Waals surface area contributed by atoms with E-state index in [2.05, 4.69) is 5.32 Å². The van der Waals surface area contributed by atoms with Gasteiger partial charge in [-0.2, -0.15) is 0 Å². The van der Waals surface area contributed by atoms with Crippen molar-refractivity contribution in [2.24, 2.45) is 5.92 Å². The highest BCUT2D eigenvalue weighted by Crippen LogP contribution is 2.12. The summed E-state index contributed by atoms with van der Waals surface area (Å²) < 4.78 is 5.32. The number of amides is 1. The zero-order valence-corrected chi connectivity index (χ0v) is 12.1. The molecule has 0 heterocycles. The van der Waals surface area contributed by atoms with E-state index in [0.717, 1.165) is 11.3 Å². The van der Waals surface area contributed by atoms with Crippen molar-refractivity contribution in [1.29, 1.82) is 0 Å². The van der Waals surface area contributed by atoms with Gasteiger partial charge in [0.25, 0.3) is 0 Å². The zero-order chi connectivity index (χ0) is 15.1. The van der Waals surface area contributed by atoms with Crippen molar-refractivity contribution in [1.82, 2.24) is 5.32 Å². The lowest BCUT2D eigenvalue weighted by Crippen LogP contribution is -2.44. The summed E-state index contributed by atoms with van der Waals surface area (Å²) >= 11 is 0. The molecule has 0 aliphatic rings. The molecule has 0 radical (unpaired) electrons. The van der Waals surface area contributed by atoms with Crippen LogP contribution in [0.2, 0.25) is 0 Å². The number of benzene rings is 1. The Morgan fingerprint density at radius 3 is 2.30 bits per heavy atom. The molecule has 1 amide bonds. The average Bonchev–Trinajstić information content (AvgIpc) is 2.38. The highest BCUT2D eigenvalue weighted by Gasteiger charge is 2.23. The quantitative estimate of drug-likeness (QED) is 0.798. The van der Waals surface area contributed by atoms with Crippen LogP contribution in [0, 0.1) is 5.92 Å². The third-order valence-electron chi connectivity index (χ3n) is 2.85. The molecule has 5 nitrogen and oxygen atoms in total. The molecule has 5 heteroatoms. The van der Waals surface area contributed by atoms with Gasteiger partial charge in [0.15, 0.2) is 0 Å². The summed E-state index contributed by atoms with van der Waals surface area (Å²) in [4.78, 5) is 22.9. The van der Waals surface area contributed by atoms with Crippen molar-refractivity contribution >= 4 is 11.9 Å². The van der Waals surface area contributed by atoms with Gasteiger partial charge in [-0.1, -0.05) is 26.0 Å². The van der Waals surface area contributed by atoms with Gasteiger partial charge in [0.05, 0.1) is 13.0 Å². The number of hydrogen-bond donors (Lipinski definition) is 2. The first-order chi connectivity index (χ1) is 9.43. The van der Waals surface area contributed by atoms with E-state index in [0.29, 0.717) is 6.61 Å². The predicted octanol–water partition coefficient (Wildman–Crippen LogP) is 1.85. The second kappa shape index (κ2) is 7.53. The summed E-state index contributed by atoms with van der Waals surface area (Å²) in [5.41, 5.74) is 0.818. The smallest absolute Gasteiger partial charge is 0.326 e. The molecule has 0 spiro atoms. The Kier molecular flexibility index (Phi) is 6.03. The van der Waals surface area contributed by atoms with Crippen LogP contribution < -0.4 is 10.1 Å². The fourth-order valence-electron chi connectivity index (χ4n) is 1.79. The molecule has 0 aromatic heterocycles. The van der Waals surface area contributed by atoms with Crippen molar-refractivity contribution in [3.8, 4) is 5.75 Å². The van der Waals surface area contributed by atoms with Gasteiger partial charge in [-0.05, 0) is 30.5 Å². The molecule has 0 unspecified atom stereocenters. The number of ether oxygens (including phenoxy) is 1. The van der Waals surface area contributed by atoms with Gasteiger partial charge in [0.2, 0.25) is 5.91 Å². The normalized spacial score (nSPS) is 12.0. The van der Waals surface area contributed by atoms with Crippen LogP contribution in [0.5, 0.6) is 5.75 Å². The van der Waals surface area contributed by atoms with Crippen LogP contribution in [0.3, 0.4) is 0 Å². The minimum atomic E-state index is -1.01. The third kappa shape index (κ3) is 4.91. The van der Waals surface area contributed by atoms with E-state index in [1.54, 1.807) is 38.1 Å². The average molecular weight is 279 g/mol. The number of carboxylic acids is 1. The van der Waals surface area contributed by atoms with E-state index < -0.39 is 12.0 Å². The summed E-state index contributed by atoms with van der Waals surface area (Å²) in [6, 6.07) is 6.34. The van der Waals surface area contributed by atoms with Gasteiger partial charge in [-0.3, -0.25) is 4.79 Å². The molecule has 0 saturated carbocycles. The lowest BCUT2D eigenvalue weighted by atomic mass is 10.0. The van der Waals surface area contributed by atoms with Crippen molar-refractivity contribution in [2.45, 2.75) is 33.2 Å². The van der Waals surface area contributed by atoms with Crippen LogP contribution in [-0.2, 0) is 16.0 Å². The molecule has 2 N–H and O–H groups in total. The standard InChI is InChI=1S/C15H21NO4/c1-4-20-12-7-5-11(6-8-12)9-13(17)16-14(10(2)3)15(18)19/h5-8,10,14H,4,9H2,1-3H3,(H,16,17)(H,18,19)/t14-/m1/s1. The Balaban J connectivity index is 2.59. The minimum Gasteiger partial charge on any atom is -0.494 e. The van der Waals surface area contributed by atoms with Gasteiger partial charge in [-0.25, -0.2) is 4.79 Å². The zero-order valence-electron chi connectivity index (χ0n) is 12.1. The van der Waals surface area contributed by atoms with Crippen LogP contribution in [-0.4, -0.2) is 29.6 Å². The van der Waals surface area contributed by atoms with Gasteiger partial charge < -0.3 is 15.2 Å². The lowest BCUT2D eigenvalue weighted by molar-refractivity contribution is -0.143. The van der Waals surface area contributed by atoms with E-state index in [-0.39, 0.29) is 18.2 Å². The number of rotatable bonds is 7. The van der Waals surface area contributed by atoms with Crippen LogP contribution in [0.4, 0.5) is 0 Å². The molecule has 0 fully saturated rings. The Morgan fingerprint density at radius 2 is 1.85 bits per heavy atom. The highest BCUT2D eigenvalue weighted by molar-refractivity contribution is 5.85. The first kappa shape index (κ1) is 16.0. The van der Waals surface area contributed by atoms with Crippen molar-refractivity contribution in [2.75, 3.05) is 6.61 Å². The Bertz CT molecular complexity index is 453. The van der Waals surface area contributed by atoms with E-state index in [1.165, 1.54) is 0 Å². The molecule has 1 aromatic rings. The SMILES string of the molecule is CCOc1ccc(CC(=O)N[C@@H](C(=O)O)C(C)C)cc1. The molecule has 0 aliphatic heterocycles. The molecule has 1 aromatic carbocycles. The molecule has 1 rings (SSSR count). The van der Waals surface area contributed by atoms with E-state index in [1.807, 2.05) is 6.92 Å². The first-order valence-electron chi connectivity index (χ1n) is 6.68. The molecule has 0 saturated heterocycles. The van der Waals surface area contributed by atoms with Crippen LogP contribution >= 0.6 is 0 Å². The molecule has 0 bridgehead atoms. The second-order valence-electron chi connectivity index (χ2n) is 4.88. The first-order valence-corrected chi connectivity index (χ1v) is 6.68. The fraction of sp³-hybridized carbons (Fsp3) is 0.467. The van der Waals surface area contributed by atoms with Gasteiger partial charge in [0, 0.05) is 0 Å². The summed E-state index contributed by atoms with van der Waals surface area (Å²) in [6.45, 7) is 6.01. The largest absolute Gasteiger partial charge is 0.494 e. The molecule has 110 valence electrons. The summed E-state index contributed by atoms with van der Waals surface area (Å²) in [5, 5.41) is 11.6. The number of carbonyl (C=O) groups excluding carboxylic acids is 1. The van der Waals surface area contributed by atoms with Crippen LogP contribution in [0.15, 0.2) is 24.3 Å². The highest BCUT2D eigenvalue weighted by atomic mass is 16.5. The molecular weight excluding hydrogens is 258 g/mol. The Hall–Kier alpha value is -2.04. The van der Waals surface area contributed by atoms with E-state index >= 15 is 0 Å². The van der Waals surface area contributed by atoms with Gasteiger partial charge in [-0.15, -0.1) is 0 Å². The number of aliphatic carboxylic acids is 1. The maximum Gasteiger partial charge on any atom is 0.326 e. The maximum absolute atomic E-state index is 11.8. The number of nitrogens with one attached hydrogen (secondary N) is 1.